The van der Waals surface area contributed by atoms with Crippen LogP contribution in [0.2, 0.25) is 0 Å². The molecular formula is C21H20N2O5S. The molecule has 0 radical (unpaired) electrons. The van der Waals surface area contributed by atoms with Gasteiger partial charge in [0.15, 0.2) is 6.61 Å². The van der Waals surface area contributed by atoms with Gasteiger partial charge in [-0.15, -0.1) is 0 Å². The second-order valence-corrected chi connectivity index (χ2v) is 7.12. The summed E-state index contributed by atoms with van der Waals surface area (Å²) in [4.78, 5) is 24.7. The van der Waals surface area contributed by atoms with E-state index in [2.05, 4.69) is 0 Å². The Bertz CT molecular complexity index is 987. The van der Waals surface area contributed by atoms with Gasteiger partial charge < -0.3 is 14.4 Å². The number of carbonyl (C=O) groups is 1. The van der Waals surface area contributed by atoms with Crippen LogP contribution in [0.25, 0.3) is 11.1 Å². The minimum atomic E-state index is -0.462. The predicted octanol–water partition coefficient (Wildman–Crippen LogP) is 4.37. The quantitative estimate of drug-likeness (QED) is 0.405. The molecule has 0 aliphatic carbocycles. The van der Waals surface area contributed by atoms with Gasteiger partial charge in [0.05, 0.1) is 12.0 Å². The topological polar surface area (TPSA) is 81.9 Å². The molecule has 0 fully saturated rings. The van der Waals surface area contributed by atoms with Crippen molar-refractivity contribution in [3.05, 3.63) is 75.0 Å². The number of ether oxygens (including phenoxy) is 2. The fraction of sp³-hybridized carbons (Fsp3) is 0.190. The molecule has 1 aromatic heterocycles. The predicted molar refractivity (Wildman–Crippen MR) is 111 cm³/mol. The molecule has 8 heteroatoms. The number of nitrogens with zero attached hydrogens (tertiary/aromatic N) is 2. The van der Waals surface area contributed by atoms with Crippen molar-refractivity contribution in [3.63, 3.8) is 0 Å². The second kappa shape index (κ2) is 9.20. The minimum absolute atomic E-state index is 0.0518. The zero-order valence-corrected chi connectivity index (χ0v) is 16.8. The number of nitro benzene ring substituents is 1. The summed E-state index contributed by atoms with van der Waals surface area (Å²) in [5.41, 5.74) is 2.27. The lowest BCUT2D eigenvalue weighted by molar-refractivity contribution is -0.384. The Morgan fingerprint density at radius 1 is 1.17 bits per heavy atom. The number of non-ortho nitro benzene ring substituents is 1. The number of benzene rings is 2. The van der Waals surface area contributed by atoms with Crippen LogP contribution in [-0.2, 0) is 11.3 Å². The van der Waals surface area contributed by atoms with E-state index in [0.717, 1.165) is 11.1 Å². The number of thiophene rings is 1. The summed E-state index contributed by atoms with van der Waals surface area (Å²) in [7, 11) is 3.28. The van der Waals surface area contributed by atoms with Crippen molar-refractivity contribution in [1.29, 1.82) is 0 Å². The molecule has 1 heterocycles. The number of rotatable bonds is 8. The van der Waals surface area contributed by atoms with Crippen molar-refractivity contribution in [3.8, 4) is 22.6 Å². The standard InChI is InChI=1S/C21H20N2O5S/c1-22(12-15-9-10-29-14-15)21(24)13-28-20-8-5-17(23(25)26)11-19(20)16-3-6-18(27-2)7-4-16/h3-11,14H,12-13H2,1-2H3. The third-order valence-electron chi connectivity index (χ3n) is 4.35. The van der Waals surface area contributed by atoms with E-state index in [1.807, 2.05) is 16.8 Å². The van der Waals surface area contributed by atoms with Crippen LogP contribution in [0.4, 0.5) is 5.69 Å². The third kappa shape index (κ3) is 5.11. The summed E-state index contributed by atoms with van der Waals surface area (Å²) in [6.45, 7) is 0.332. The molecule has 0 aliphatic rings. The van der Waals surface area contributed by atoms with E-state index in [1.54, 1.807) is 54.7 Å². The molecule has 3 aromatic rings. The molecule has 2 aromatic carbocycles. The molecule has 0 N–H and O–H groups in total. The summed E-state index contributed by atoms with van der Waals surface area (Å²) >= 11 is 1.58. The SMILES string of the molecule is COc1ccc(-c2cc([N+](=O)[O-])ccc2OCC(=O)N(C)Cc2ccsc2)cc1. The van der Waals surface area contributed by atoms with E-state index >= 15 is 0 Å². The molecule has 0 spiro atoms. The van der Waals surface area contributed by atoms with Gasteiger partial charge in [-0.1, -0.05) is 12.1 Å². The minimum Gasteiger partial charge on any atom is -0.497 e. The number of carbonyl (C=O) groups excluding carboxylic acids is 1. The number of methoxy groups -OCH3 is 1. The first-order valence-corrected chi connectivity index (χ1v) is 9.73. The smallest absolute Gasteiger partial charge is 0.270 e. The fourth-order valence-electron chi connectivity index (χ4n) is 2.75. The fourth-order valence-corrected chi connectivity index (χ4v) is 3.41. The molecule has 1 amide bonds. The van der Waals surface area contributed by atoms with Gasteiger partial charge in [0.1, 0.15) is 11.5 Å². The molecule has 3 rings (SSSR count). The van der Waals surface area contributed by atoms with E-state index in [9.17, 15) is 14.9 Å². The average Bonchev–Trinajstić information content (AvgIpc) is 3.24. The maximum Gasteiger partial charge on any atom is 0.270 e. The van der Waals surface area contributed by atoms with Crippen molar-refractivity contribution in [1.82, 2.24) is 4.90 Å². The first kappa shape index (κ1) is 20.3. The monoisotopic (exact) mass is 412 g/mol. The van der Waals surface area contributed by atoms with Gasteiger partial charge in [0, 0.05) is 31.3 Å². The summed E-state index contributed by atoms with van der Waals surface area (Å²) in [6, 6.07) is 13.4. The van der Waals surface area contributed by atoms with Crippen molar-refractivity contribution in [2.24, 2.45) is 0 Å². The van der Waals surface area contributed by atoms with E-state index in [0.29, 0.717) is 23.6 Å². The second-order valence-electron chi connectivity index (χ2n) is 6.34. The van der Waals surface area contributed by atoms with Crippen LogP contribution in [0, 0.1) is 10.1 Å². The molecule has 0 saturated carbocycles. The van der Waals surface area contributed by atoms with E-state index in [4.69, 9.17) is 9.47 Å². The van der Waals surface area contributed by atoms with Crippen LogP contribution in [-0.4, -0.2) is 36.5 Å². The Labute approximate surface area is 172 Å². The summed E-state index contributed by atoms with van der Waals surface area (Å²) < 4.78 is 10.9. The maximum absolute atomic E-state index is 12.4. The highest BCUT2D eigenvalue weighted by Gasteiger charge is 2.16. The van der Waals surface area contributed by atoms with E-state index in [1.165, 1.54) is 18.2 Å². The Morgan fingerprint density at radius 2 is 1.93 bits per heavy atom. The van der Waals surface area contributed by atoms with Crippen LogP contribution in [0.3, 0.4) is 0 Å². The Morgan fingerprint density at radius 3 is 2.55 bits per heavy atom. The summed E-state index contributed by atoms with van der Waals surface area (Å²) in [5, 5.41) is 15.1. The molecule has 0 saturated heterocycles. The summed E-state index contributed by atoms with van der Waals surface area (Å²) in [5.74, 6) is 0.889. The molecular weight excluding hydrogens is 392 g/mol. The van der Waals surface area contributed by atoms with Gasteiger partial charge in [0.25, 0.3) is 11.6 Å². The van der Waals surface area contributed by atoms with Crippen molar-refractivity contribution >= 4 is 22.9 Å². The highest BCUT2D eigenvalue weighted by atomic mass is 32.1. The zero-order valence-electron chi connectivity index (χ0n) is 16.0. The molecule has 0 unspecified atom stereocenters. The Hall–Kier alpha value is -3.39. The molecule has 29 heavy (non-hydrogen) atoms. The number of hydrogen-bond acceptors (Lipinski definition) is 6. The van der Waals surface area contributed by atoms with Crippen LogP contribution in [0.1, 0.15) is 5.56 Å². The Balaban J connectivity index is 1.78. The van der Waals surface area contributed by atoms with Crippen LogP contribution in [0.5, 0.6) is 11.5 Å². The van der Waals surface area contributed by atoms with Gasteiger partial charge >= 0.3 is 0 Å². The zero-order chi connectivity index (χ0) is 20.8. The summed E-state index contributed by atoms with van der Waals surface area (Å²) in [6.07, 6.45) is 0. The highest BCUT2D eigenvalue weighted by Crippen LogP contribution is 2.34. The first-order valence-electron chi connectivity index (χ1n) is 8.78. The molecule has 0 bridgehead atoms. The Kier molecular flexibility index (Phi) is 6.46. The first-order chi connectivity index (χ1) is 14.0. The molecule has 150 valence electrons. The van der Waals surface area contributed by atoms with Crippen molar-refractivity contribution in [2.75, 3.05) is 20.8 Å². The lowest BCUT2D eigenvalue weighted by atomic mass is 10.0. The van der Waals surface area contributed by atoms with Crippen LogP contribution >= 0.6 is 11.3 Å². The molecule has 7 nitrogen and oxygen atoms in total. The highest BCUT2D eigenvalue weighted by molar-refractivity contribution is 7.07. The van der Waals surface area contributed by atoms with E-state index < -0.39 is 4.92 Å². The van der Waals surface area contributed by atoms with Crippen LogP contribution < -0.4 is 9.47 Å². The lowest BCUT2D eigenvalue weighted by Gasteiger charge is -2.18. The number of likely N-dealkylation sites (N-methyl/N-ethyl adjacent to an activating group) is 1. The normalized spacial score (nSPS) is 10.4. The largest absolute Gasteiger partial charge is 0.497 e. The average molecular weight is 412 g/mol. The molecule has 0 aliphatic heterocycles. The molecule has 0 atom stereocenters. The third-order valence-corrected chi connectivity index (χ3v) is 5.08. The lowest BCUT2D eigenvalue weighted by Crippen LogP contribution is -2.30. The maximum atomic E-state index is 12.4. The van der Waals surface area contributed by atoms with Gasteiger partial charge in [-0.25, -0.2) is 0 Å². The van der Waals surface area contributed by atoms with Gasteiger partial charge in [-0.3, -0.25) is 14.9 Å². The number of hydrogen-bond donors (Lipinski definition) is 0. The van der Waals surface area contributed by atoms with Gasteiger partial charge in [-0.2, -0.15) is 11.3 Å². The van der Waals surface area contributed by atoms with Crippen molar-refractivity contribution in [2.45, 2.75) is 6.54 Å². The van der Waals surface area contributed by atoms with Gasteiger partial charge in [0.2, 0.25) is 0 Å². The van der Waals surface area contributed by atoms with Crippen LogP contribution in [0.15, 0.2) is 59.3 Å². The number of amides is 1. The van der Waals surface area contributed by atoms with Gasteiger partial charge in [-0.05, 0) is 46.2 Å². The van der Waals surface area contributed by atoms with E-state index in [-0.39, 0.29) is 18.2 Å². The van der Waals surface area contributed by atoms with Crippen molar-refractivity contribution < 1.29 is 19.2 Å². The number of nitro groups is 1.